The van der Waals surface area contributed by atoms with Crippen molar-refractivity contribution in [3.63, 3.8) is 0 Å². The molecule has 2 fully saturated rings. The van der Waals surface area contributed by atoms with Crippen molar-refractivity contribution in [3.05, 3.63) is 72.1 Å². The van der Waals surface area contributed by atoms with Crippen LogP contribution in [0.1, 0.15) is 48.7 Å². The van der Waals surface area contributed by atoms with Gasteiger partial charge in [-0.25, -0.2) is 9.78 Å². The standard InChI is InChI=1S/C30H30N4O3/c1-17-15-34(16-18(2)37-17)26-13-12-23(29(33-26)30(35)36)25-14-32-28-22(19-8-10-21(31)11-9-19)4-3-5-24(28)27(25)20-6-7-20/h3-5,8-14,17-18,20H,6-7,15-16,31H2,1-2H3,(H,35,36). The van der Waals surface area contributed by atoms with Crippen LogP contribution in [-0.2, 0) is 4.74 Å². The number of carbonyl (C=O) groups is 1. The molecule has 3 N–H and O–H groups in total. The van der Waals surface area contributed by atoms with E-state index in [0.717, 1.165) is 51.7 Å². The summed E-state index contributed by atoms with van der Waals surface area (Å²) >= 11 is 0. The largest absolute Gasteiger partial charge is 0.476 e. The van der Waals surface area contributed by atoms with Crippen LogP contribution in [0.25, 0.3) is 33.2 Å². The smallest absolute Gasteiger partial charge is 0.355 e. The molecule has 6 rings (SSSR count). The van der Waals surface area contributed by atoms with E-state index in [2.05, 4.69) is 22.0 Å². The first-order valence-electron chi connectivity index (χ1n) is 12.8. The molecule has 7 nitrogen and oxygen atoms in total. The van der Waals surface area contributed by atoms with Gasteiger partial charge in [-0.1, -0.05) is 30.3 Å². The third kappa shape index (κ3) is 4.40. The van der Waals surface area contributed by atoms with Gasteiger partial charge >= 0.3 is 5.97 Å². The number of para-hydroxylation sites is 1. The molecule has 2 unspecified atom stereocenters. The molecule has 37 heavy (non-hydrogen) atoms. The molecule has 3 heterocycles. The van der Waals surface area contributed by atoms with E-state index >= 15 is 0 Å². The van der Waals surface area contributed by atoms with Crippen molar-refractivity contribution in [2.75, 3.05) is 23.7 Å². The Morgan fingerprint density at radius 1 is 0.973 bits per heavy atom. The van der Waals surface area contributed by atoms with Crippen LogP contribution in [0.4, 0.5) is 11.5 Å². The maximum Gasteiger partial charge on any atom is 0.355 e. The molecule has 0 radical (unpaired) electrons. The molecule has 1 aliphatic heterocycles. The Morgan fingerprint density at radius 3 is 2.38 bits per heavy atom. The minimum atomic E-state index is -1.04. The zero-order valence-corrected chi connectivity index (χ0v) is 21.0. The van der Waals surface area contributed by atoms with E-state index in [1.54, 1.807) is 0 Å². The van der Waals surface area contributed by atoms with Crippen LogP contribution in [0, 0.1) is 0 Å². The van der Waals surface area contributed by atoms with Gasteiger partial charge < -0.3 is 20.5 Å². The fraction of sp³-hybridized carbons (Fsp3) is 0.300. The Kier molecular flexibility index (Phi) is 5.80. The average molecular weight is 495 g/mol. The van der Waals surface area contributed by atoms with Crippen LogP contribution in [-0.4, -0.2) is 46.3 Å². The van der Waals surface area contributed by atoms with Gasteiger partial charge in [0, 0.05) is 47.1 Å². The van der Waals surface area contributed by atoms with Gasteiger partial charge in [-0.05, 0) is 68.0 Å². The number of pyridine rings is 2. The summed E-state index contributed by atoms with van der Waals surface area (Å²) in [6.07, 6.45) is 4.10. The summed E-state index contributed by atoms with van der Waals surface area (Å²) in [5.41, 5.74) is 12.3. The third-order valence-corrected chi connectivity index (χ3v) is 7.26. The van der Waals surface area contributed by atoms with Crippen LogP contribution in [0.2, 0.25) is 0 Å². The van der Waals surface area contributed by atoms with Crippen LogP contribution in [0.3, 0.4) is 0 Å². The summed E-state index contributed by atoms with van der Waals surface area (Å²) < 4.78 is 5.85. The minimum absolute atomic E-state index is 0.0555. The van der Waals surface area contributed by atoms with Crippen molar-refractivity contribution >= 4 is 28.4 Å². The number of aromatic nitrogens is 2. The quantitative estimate of drug-likeness (QED) is 0.341. The number of ether oxygens (including phenoxy) is 1. The number of nitrogens with zero attached hydrogens (tertiary/aromatic N) is 3. The number of anilines is 2. The molecule has 2 aliphatic rings. The van der Waals surface area contributed by atoms with Gasteiger partial charge in [0.2, 0.25) is 0 Å². The van der Waals surface area contributed by atoms with E-state index in [0.29, 0.717) is 30.4 Å². The lowest BCUT2D eigenvalue weighted by molar-refractivity contribution is -0.00546. The number of nitrogen functional groups attached to an aromatic ring is 1. The molecule has 0 bridgehead atoms. The number of morpholine rings is 1. The zero-order chi connectivity index (χ0) is 25.7. The van der Waals surface area contributed by atoms with Gasteiger partial charge in [0.1, 0.15) is 5.82 Å². The number of carboxylic acids is 1. The molecule has 2 atom stereocenters. The highest BCUT2D eigenvalue weighted by atomic mass is 16.5. The van der Waals surface area contributed by atoms with E-state index in [4.69, 9.17) is 15.5 Å². The Bertz CT molecular complexity index is 1490. The number of aromatic carboxylic acids is 1. The monoisotopic (exact) mass is 494 g/mol. The fourth-order valence-corrected chi connectivity index (χ4v) is 5.54. The third-order valence-electron chi connectivity index (χ3n) is 7.26. The van der Waals surface area contributed by atoms with Gasteiger partial charge in [0.05, 0.1) is 17.7 Å². The second-order valence-electron chi connectivity index (χ2n) is 10.2. The van der Waals surface area contributed by atoms with E-state index in [1.807, 2.05) is 62.5 Å². The second-order valence-corrected chi connectivity index (χ2v) is 10.2. The molecule has 0 amide bonds. The molecule has 1 saturated carbocycles. The lowest BCUT2D eigenvalue weighted by atomic mass is 9.91. The normalized spacial score (nSPS) is 19.8. The Labute approximate surface area is 215 Å². The first-order valence-corrected chi connectivity index (χ1v) is 12.8. The minimum Gasteiger partial charge on any atom is -0.476 e. The average Bonchev–Trinajstić information content (AvgIpc) is 3.72. The highest BCUT2D eigenvalue weighted by Crippen LogP contribution is 2.48. The second kappa shape index (κ2) is 9.16. The maximum absolute atomic E-state index is 12.4. The topological polar surface area (TPSA) is 102 Å². The lowest BCUT2D eigenvalue weighted by Gasteiger charge is -2.36. The van der Waals surface area contributed by atoms with Gasteiger partial charge in [-0.2, -0.15) is 0 Å². The van der Waals surface area contributed by atoms with Gasteiger partial charge in [-0.3, -0.25) is 4.98 Å². The first-order chi connectivity index (χ1) is 17.9. The van der Waals surface area contributed by atoms with Crippen LogP contribution >= 0.6 is 0 Å². The van der Waals surface area contributed by atoms with E-state index in [1.165, 1.54) is 0 Å². The van der Waals surface area contributed by atoms with Crippen molar-refractivity contribution in [1.82, 2.24) is 9.97 Å². The molecule has 1 aliphatic carbocycles. The van der Waals surface area contributed by atoms with E-state index in [9.17, 15) is 9.90 Å². The summed E-state index contributed by atoms with van der Waals surface area (Å²) in [4.78, 5) is 24.1. The molecule has 0 spiro atoms. The van der Waals surface area contributed by atoms with Crippen molar-refractivity contribution in [2.45, 2.75) is 44.8 Å². The van der Waals surface area contributed by atoms with Crippen LogP contribution in [0.5, 0.6) is 0 Å². The van der Waals surface area contributed by atoms with Gasteiger partial charge in [0.25, 0.3) is 0 Å². The van der Waals surface area contributed by atoms with Gasteiger partial charge in [-0.15, -0.1) is 0 Å². The summed E-state index contributed by atoms with van der Waals surface area (Å²) in [7, 11) is 0. The number of nitrogens with two attached hydrogens (primary N) is 1. The number of carboxylic acid groups (broad SMARTS) is 1. The fourth-order valence-electron chi connectivity index (χ4n) is 5.54. The van der Waals surface area contributed by atoms with E-state index < -0.39 is 5.97 Å². The molecule has 2 aromatic heterocycles. The van der Waals surface area contributed by atoms with E-state index in [-0.39, 0.29) is 17.9 Å². The summed E-state index contributed by atoms with van der Waals surface area (Å²) in [6, 6.07) is 17.8. The Hall–Kier alpha value is -3.97. The Morgan fingerprint density at radius 2 is 1.70 bits per heavy atom. The number of rotatable bonds is 5. The number of benzene rings is 2. The Balaban J connectivity index is 1.49. The summed E-state index contributed by atoms with van der Waals surface area (Å²) in [6.45, 7) is 5.40. The van der Waals surface area contributed by atoms with Crippen molar-refractivity contribution in [1.29, 1.82) is 0 Å². The first kappa shape index (κ1) is 23.4. The number of hydrogen-bond acceptors (Lipinski definition) is 6. The zero-order valence-electron chi connectivity index (χ0n) is 21.0. The van der Waals surface area contributed by atoms with Crippen molar-refractivity contribution in [3.8, 4) is 22.3 Å². The lowest BCUT2D eigenvalue weighted by Crippen LogP contribution is -2.46. The SMILES string of the molecule is CC1CN(c2ccc(-c3cnc4c(-c5ccc(N)cc5)cccc4c3C3CC3)c(C(=O)O)n2)CC(C)O1. The summed E-state index contributed by atoms with van der Waals surface area (Å²) in [5, 5.41) is 11.3. The molecule has 4 aromatic rings. The predicted molar refractivity (Wildman–Crippen MR) is 146 cm³/mol. The molecule has 7 heteroatoms. The molecule has 188 valence electrons. The number of hydrogen-bond donors (Lipinski definition) is 2. The van der Waals surface area contributed by atoms with Crippen molar-refractivity contribution < 1.29 is 14.6 Å². The molecular weight excluding hydrogens is 464 g/mol. The molecular formula is C30H30N4O3. The van der Waals surface area contributed by atoms with Crippen LogP contribution in [0.15, 0.2) is 60.8 Å². The molecule has 1 saturated heterocycles. The van der Waals surface area contributed by atoms with Crippen molar-refractivity contribution in [2.24, 2.45) is 0 Å². The summed E-state index contributed by atoms with van der Waals surface area (Å²) in [5.74, 6) is 0.00335. The highest BCUT2D eigenvalue weighted by molar-refractivity contribution is 6.01. The van der Waals surface area contributed by atoms with Gasteiger partial charge in [0.15, 0.2) is 5.69 Å². The predicted octanol–water partition coefficient (Wildman–Crippen LogP) is 5.74. The highest BCUT2D eigenvalue weighted by Gasteiger charge is 2.31. The maximum atomic E-state index is 12.4. The van der Waals surface area contributed by atoms with Crippen LogP contribution < -0.4 is 10.6 Å². The molecule has 2 aromatic carbocycles. The number of fused-ring (bicyclic) bond motifs is 1.